The molecule has 1 aromatic heterocycles. The Morgan fingerprint density at radius 1 is 1.24 bits per heavy atom. The Kier molecular flexibility index (Phi) is 5.31. The Morgan fingerprint density at radius 2 is 2.00 bits per heavy atom. The monoisotopic (exact) mass is 322 g/mol. The van der Waals surface area contributed by atoms with Gasteiger partial charge in [-0.2, -0.15) is 11.3 Å². The number of rotatable bonds is 5. The molecule has 0 bridgehead atoms. The summed E-state index contributed by atoms with van der Waals surface area (Å²) in [5.74, 6) is 0. The van der Waals surface area contributed by atoms with E-state index in [0.29, 0.717) is 0 Å². The van der Waals surface area contributed by atoms with Crippen LogP contribution in [-0.4, -0.2) is 12.6 Å². The number of hydrogen-bond acceptors (Lipinski definition) is 3. The Balaban J connectivity index is 2.20. The van der Waals surface area contributed by atoms with Crippen molar-refractivity contribution in [2.24, 2.45) is 0 Å². The molecule has 1 aromatic carbocycles. The van der Waals surface area contributed by atoms with E-state index in [4.69, 9.17) is 11.6 Å². The molecule has 0 saturated carbocycles. The molecular weight excluding hydrogens is 300 g/mol. The zero-order valence-electron chi connectivity index (χ0n) is 13.1. The SMILES string of the molecule is CN(Cc1ccsc1)c1c(Cl)cccc1CNC(C)(C)C. The molecule has 1 heterocycles. The molecular formula is C17H23ClN2S. The third kappa shape index (κ3) is 4.73. The van der Waals surface area contributed by atoms with Crippen molar-refractivity contribution in [3.8, 4) is 0 Å². The van der Waals surface area contributed by atoms with Crippen LogP contribution in [0.15, 0.2) is 35.0 Å². The van der Waals surface area contributed by atoms with Crippen LogP contribution in [0.5, 0.6) is 0 Å². The molecule has 0 aliphatic rings. The number of anilines is 1. The first-order valence-electron chi connectivity index (χ1n) is 7.11. The Hall–Kier alpha value is -1.03. The molecule has 0 atom stereocenters. The number of para-hydroxylation sites is 1. The van der Waals surface area contributed by atoms with Gasteiger partial charge >= 0.3 is 0 Å². The standard InChI is InChI=1S/C17H23ClN2S/c1-17(2,3)19-10-14-6-5-7-15(18)16(14)20(4)11-13-8-9-21-12-13/h5-9,12,19H,10-11H2,1-4H3. The molecule has 2 nitrogen and oxygen atoms in total. The first-order chi connectivity index (χ1) is 9.87. The van der Waals surface area contributed by atoms with E-state index in [1.807, 2.05) is 12.1 Å². The lowest BCUT2D eigenvalue weighted by molar-refractivity contribution is 0.424. The summed E-state index contributed by atoms with van der Waals surface area (Å²) in [5, 5.41) is 8.63. The first-order valence-corrected chi connectivity index (χ1v) is 8.43. The zero-order valence-corrected chi connectivity index (χ0v) is 14.7. The molecule has 2 aromatic rings. The van der Waals surface area contributed by atoms with E-state index in [9.17, 15) is 0 Å². The van der Waals surface area contributed by atoms with E-state index < -0.39 is 0 Å². The third-order valence-electron chi connectivity index (χ3n) is 3.26. The fourth-order valence-corrected chi connectivity index (χ4v) is 3.22. The number of benzene rings is 1. The lowest BCUT2D eigenvalue weighted by Crippen LogP contribution is -2.35. The molecule has 0 fully saturated rings. The molecule has 0 aliphatic carbocycles. The van der Waals surface area contributed by atoms with Crippen LogP contribution in [0, 0.1) is 0 Å². The maximum Gasteiger partial charge on any atom is 0.0642 e. The van der Waals surface area contributed by atoms with Gasteiger partial charge in [0, 0.05) is 25.7 Å². The van der Waals surface area contributed by atoms with Crippen molar-refractivity contribution >= 4 is 28.6 Å². The van der Waals surface area contributed by atoms with E-state index in [2.05, 4.69) is 60.9 Å². The van der Waals surface area contributed by atoms with Crippen LogP contribution in [0.4, 0.5) is 5.69 Å². The van der Waals surface area contributed by atoms with E-state index in [1.165, 1.54) is 11.1 Å². The number of hydrogen-bond donors (Lipinski definition) is 1. The largest absolute Gasteiger partial charge is 0.369 e. The summed E-state index contributed by atoms with van der Waals surface area (Å²) in [7, 11) is 2.10. The summed E-state index contributed by atoms with van der Waals surface area (Å²) >= 11 is 8.17. The van der Waals surface area contributed by atoms with Crippen LogP contribution < -0.4 is 10.2 Å². The molecule has 1 N–H and O–H groups in total. The molecule has 0 amide bonds. The molecule has 0 spiro atoms. The highest BCUT2D eigenvalue weighted by molar-refractivity contribution is 7.07. The molecule has 0 radical (unpaired) electrons. The van der Waals surface area contributed by atoms with Gasteiger partial charge < -0.3 is 10.2 Å². The summed E-state index contributed by atoms with van der Waals surface area (Å²) in [4.78, 5) is 2.23. The quantitative estimate of drug-likeness (QED) is 0.840. The highest BCUT2D eigenvalue weighted by atomic mass is 35.5. The van der Waals surface area contributed by atoms with Gasteiger partial charge in [-0.15, -0.1) is 0 Å². The van der Waals surface area contributed by atoms with Gasteiger partial charge in [-0.05, 0) is 54.8 Å². The van der Waals surface area contributed by atoms with Crippen molar-refractivity contribution in [1.29, 1.82) is 0 Å². The molecule has 21 heavy (non-hydrogen) atoms. The maximum absolute atomic E-state index is 6.45. The van der Waals surface area contributed by atoms with Gasteiger partial charge in [-0.3, -0.25) is 0 Å². The Labute approximate surface area is 136 Å². The number of nitrogens with one attached hydrogen (secondary N) is 1. The van der Waals surface area contributed by atoms with Crippen molar-refractivity contribution in [3.05, 3.63) is 51.2 Å². The Bertz CT molecular complexity index is 573. The average Bonchev–Trinajstić information content (AvgIpc) is 2.88. The number of thiophene rings is 1. The average molecular weight is 323 g/mol. The van der Waals surface area contributed by atoms with Gasteiger partial charge in [-0.1, -0.05) is 23.7 Å². The van der Waals surface area contributed by atoms with Crippen LogP contribution in [-0.2, 0) is 13.1 Å². The molecule has 0 aliphatic heterocycles. The summed E-state index contributed by atoms with van der Waals surface area (Å²) in [6.45, 7) is 8.20. The van der Waals surface area contributed by atoms with Crippen LogP contribution in [0.1, 0.15) is 31.9 Å². The summed E-state index contributed by atoms with van der Waals surface area (Å²) < 4.78 is 0. The van der Waals surface area contributed by atoms with Crippen molar-refractivity contribution < 1.29 is 0 Å². The van der Waals surface area contributed by atoms with Gasteiger partial charge in [0.2, 0.25) is 0 Å². The molecule has 114 valence electrons. The van der Waals surface area contributed by atoms with Gasteiger partial charge in [0.25, 0.3) is 0 Å². The first kappa shape index (κ1) is 16.3. The number of halogens is 1. The minimum absolute atomic E-state index is 0.0888. The van der Waals surface area contributed by atoms with Crippen LogP contribution in [0.2, 0.25) is 5.02 Å². The van der Waals surface area contributed by atoms with Crippen molar-refractivity contribution in [3.63, 3.8) is 0 Å². The molecule has 4 heteroatoms. The van der Waals surface area contributed by atoms with E-state index >= 15 is 0 Å². The van der Waals surface area contributed by atoms with E-state index in [-0.39, 0.29) is 5.54 Å². The topological polar surface area (TPSA) is 15.3 Å². The maximum atomic E-state index is 6.45. The van der Waals surface area contributed by atoms with Crippen molar-refractivity contribution in [1.82, 2.24) is 5.32 Å². The molecule has 2 rings (SSSR count). The summed E-state index contributed by atoms with van der Waals surface area (Å²) in [5.41, 5.74) is 3.75. The van der Waals surface area contributed by atoms with Gasteiger partial charge in [-0.25, -0.2) is 0 Å². The lowest BCUT2D eigenvalue weighted by atomic mass is 10.1. The molecule has 0 unspecified atom stereocenters. The van der Waals surface area contributed by atoms with Gasteiger partial charge in [0.1, 0.15) is 0 Å². The summed E-state index contributed by atoms with van der Waals surface area (Å²) in [6, 6.07) is 8.28. The lowest BCUT2D eigenvalue weighted by Gasteiger charge is -2.26. The van der Waals surface area contributed by atoms with Crippen molar-refractivity contribution in [2.45, 2.75) is 39.4 Å². The zero-order chi connectivity index (χ0) is 15.5. The summed E-state index contributed by atoms with van der Waals surface area (Å²) in [6.07, 6.45) is 0. The van der Waals surface area contributed by atoms with Gasteiger partial charge in [0.15, 0.2) is 0 Å². The second kappa shape index (κ2) is 6.82. The fraction of sp³-hybridized carbons (Fsp3) is 0.412. The van der Waals surface area contributed by atoms with Crippen LogP contribution in [0.3, 0.4) is 0 Å². The number of nitrogens with zero attached hydrogens (tertiary/aromatic N) is 1. The Morgan fingerprint density at radius 3 is 2.62 bits per heavy atom. The normalized spacial score (nSPS) is 11.7. The van der Waals surface area contributed by atoms with Crippen LogP contribution in [0.25, 0.3) is 0 Å². The minimum atomic E-state index is 0.0888. The third-order valence-corrected chi connectivity index (χ3v) is 4.30. The van der Waals surface area contributed by atoms with E-state index in [0.717, 1.165) is 23.8 Å². The fourth-order valence-electron chi connectivity index (χ4n) is 2.23. The second-order valence-electron chi connectivity index (χ2n) is 6.34. The van der Waals surface area contributed by atoms with Gasteiger partial charge in [0.05, 0.1) is 10.7 Å². The minimum Gasteiger partial charge on any atom is -0.369 e. The highest BCUT2D eigenvalue weighted by Crippen LogP contribution is 2.30. The van der Waals surface area contributed by atoms with Crippen LogP contribution >= 0.6 is 22.9 Å². The predicted molar refractivity (Wildman–Crippen MR) is 94.5 cm³/mol. The molecule has 0 saturated heterocycles. The second-order valence-corrected chi connectivity index (χ2v) is 7.53. The highest BCUT2D eigenvalue weighted by Gasteiger charge is 2.15. The van der Waals surface area contributed by atoms with E-state index in [1.54, 1.807) is 11.3 Å². The predicted octanol–water partition coefficient (Wildman–Crippen LogP) is 4.93. The van der Waals surface area contributed by atoms with Crippen molar-refractivity contribution in [2.75, 3.05) is 11.9 Å². The smallest absolute Gasteiger partial charge is 0.0642 e.